The molecule has 3 aromatic rings. The lowest BCUT2D eigenvalue weighted by atomic mass is 10.1. The molecule has 1 aliphatic heterocycles. The largest absolute Gasteiger partial charge is 0.475 e. The molecule has 2 aromatic heterocycles. The molecular formula is C21H21ClN4O2S. The molecule has 6 nitrogen and oxygen atoms in total. The number of nitrogens with zero attached hydrogens (tertiary/aromatic N) is 4. The number of thioether (sulfide) groups is 1. The molecule has 4 rings (SSSR count). The molecule has 2 atom stereocenters. The molecule has 0 aliphatic carbocycles. The molecule has 2 unspecified atom stereocenters. The molecule has 1 amide bonds. The summed E-state index contributed by atoms with van der Waals surface area (Å²) in [6, 6.07) is 11.7. The Labute approximate surface area is 178 Å². The van der Waals surface area contributed by atoms with E-state index in [1.54, 1.807) is 30.2 Å². The van der Waals surface area contributed by atoms with E-state index in [1.165, 1.54) is 0 Å². The predicted molar refractivity (Wildman–Crippen MR) is 115 cm³/mol. The number of pyridine rings is 1. The lowest BCUT2D eigenvalue weighted by Gasteiger charge is -2.22. The summed E-state index contributed by atoms with van der Waals surface area (Å²) in [4.78, 5) is 27.3. The van der Waals surface area contributed by atoms with Gasteiger partial charge in [-0.3, -0.25) is 9.78 Å². The van der Waals surface area contributed by atoms with E-state index in [1.807, 2.05) is 41.5 Å². The predicted octanol–water partition coefficient (Wildman–Crippen LogP) is 3.84. The number of aromatic nitrogens is 3. The summed E-state index contributed by atoms with van der Waals surface area (Å²) in [6.45, 7) is 1.80. The van der Waals surface area contributed by atoms with Crippen molar-refractivity contribution in [3.63, 3.8) is 0 Å². The minimum absolute atomic E-state index is 0.159. The maximum absolute atomic E-state index is 12.5. The summed E-state index contributed by atoms with van der Waals surface area (Å²) in [7, 11) is 0. The number of halogens is 1. The Bertz CT molecular complexity index is 1000. The molecule has 0 N–H and O–H groups in total. The van der Waals surface area contributed by atoms with Crippen molar-refractivity contribution >= 4 is 40.3 Å². The van der Waals surface area contributed by atoms with Crippen LogP contribution in [-0.4, -0.2) is 50.4 Å². The number of carbonyl (C=O) groups excluding carboxylic acids is 1. The molecule has 0 radical (unpaired) electrons. The third-order valence-corrected chi connectivity index (χ3v) is 6.39. The third-order valence-electron chi connectivity index (χ3n) is 5.07. The fourth-order valence-corrected chi connectivity index (χ4v) is 4.53. The summed E-state index contributed by atoms with van der Waals surface area (Å²) in [5.41, 5.74) is 2.38. The van der Waals surface area contributed by atoms with Crippen molar-refractivity contribution in [2.45, 2.75) is 18.2 Å². The normalized spacial score (nSPS) is 17.7. The number of ether oxygens (including phenoxy) is 1. The first-order valence-electron chi connectivity index (χ1n) is 9.38. The van der Waals surface area contributed by atoms with Crippen LogP contribution in [0.5, 0.6) is 5.88 Å². The third kappa shape index (κ3) is 4.62. The minimum atomic E-state index is 0.159. The molecule has 0 saturated carbocycles. The second kappa shape index (κ2) is 8.97. The molecule has 0 bridgehead atoms. The van der Waals surface area contributed by atoms with Crippen molar-refractivity contribution in [1.82, 2.24) is 19.9 Å². The molecule has 150 valence electrons. The lowest BCUT2D eigenvalue weighted by molar-refractivity contribution is -0.128. The Balaban J connectivity index is 1.43. The van der Waals surface area contributed by atoms with Crippen molar-refractivity contribution in [2.75, 3.05) is 19.4 Å². The number of amides is 1. The van der Waals surface area contributed by atoms with Gasteiger partial charge in [-0.25, -0.2) is 4.98 Å². The van der Waals surface area contributed by atoms with Gasteiger partial charge >= 0.3 is 0 Å². The first-order chi connectivity index (χ1) is 14.1. The van der Waals surface area contributed by atoms with Gasteiger partial charge in [-0.1, -0.05) is 41.9 Å². The van der Waals surface area contributed by atoms with Crippen LogP contribution in [0.15, 0.2) is 48.8 Å². The second-order valence-electron chi connectivity index (χ2n) is 6.98. The highest BCUT2D eigenvalue weighted by Crippen LogP contribution is 2.30. The van der Waals surface area contributed by atoms with Crippen molar-refractivity contribution in [2.24, 2.45) is 5.92 Å². The van der Waals surface area contributed by atoms with E-state index in [9.17, 15) is 4.79 Å². The zero-order valence-corrected chi connectivity index (χ0v) is 17.6. The summed E-state index contributed by atoms with van der Waals surface area (Å²) in [5.74, 6) is 0.790. The Morgan fingerprint density at radius 3 is 2.86 bits per heavy atom. The fraction of sp³-hybridized carbons (Fsp3) is 0.333. The molecule has 1 aliphatic rings. The van der Waals surface area contributed by atoms with Crippen molar-refractivity contribution in [1.29, 1.82) is 0 Å². The van der Waals surface area contributed by atoms with Crippen LogP contribution in [0, 0.1) is 5.92 Å². The van der Waals surface area contributed by atoms with Gasteiger partial charge in [-0.2, -0.15) is 16.7 Å². The Morgan fingerprint density at radius 2 is 2.07 bits per heavy atom. The number of likely N-dealkylation sites (tertiary alicyclic amines) is 1. The van der Waals surface area contributed by atoms with Gasteiger partial charge < -0.3 is 9.64 Å². The molecule has 1 fully saturated rings. The second-order valence-corrected chi connectivity index (χ2v) is 8.45. The van der Waals surface area contributed by atoms with E-state index in [4.69, 9.17) is 16.3 Å². The molecule has 1 saturated heterocycles. The number of hydrogen-bond acceptors (Lipinski definition) is 6. The van der Waals surface area contributed by atoms with Crippen molar-refractivity contribution in [3.05, 3.63) is 59.5 Å². The summed E-state index contributed by atoms with van der Waals surface area (Å²) in [5, 5.41) is 0.478. The van der Waals surface area contributed by atoms with Crippen LogP contribution in [0.1, 0.15) is 12.0 Å². The molecule has 0 spiro atoms. The average molecular weight is 429 g/mol. The topological polar surface area (TPSA) is 68.2 Å². The first kappa shape index (κ1) is 19.9. The summed E-state index contributed by atoms with van der Waals surface area (Å²) in [6.07, 6.45) is 5.79. The minimum Gasteiger partial charge on any atom is -0.475 e. The quantitative estimate of drug-likeness (QED) is 0.532. The summed E-state index contributed by atoms with van der Waals surface area (Å²) >= 11 is 7.81. The Hall–Kier alpha value is -2.38. The molecule has 29 heavy (non-hydrogen) atoms. The van der Waals surface area contributed by atoms with Crippen LogP contribution < -0.4 is 4.74 Å². The zero-order chi connectivity index (χ0) is 20.2. The Kier molecular flexibility index (Phi) is 6.16. The van der Waals surface area contributed by atoms with E-state index < -0.39 is 0 Å². The molecule has 8 heteroatoms. The van der Waals surface area contributed by atoms with Crippen molar-refractivity contribution < 1.29 is 9.53 Å². The smallest absolute Gasteiger partial charge is 0.243 e. The number of rotatable bonds is 7. The van der Waals surface area contributed by atoms with E-state index in [0.717, 1.165) is 12.1 Å². The average Bonchev–Trinajstić information content (AvgIpc) is 3.09. The van der Waals surface area contributed by atoms with Gasteiger partial charge in [-0.15, -0.1) is 0 Å². The van der Waals surface area contributed by atoms with Gasteiger partial charge in [0.15, 0.2) is 5.52 Å². The van der Waals surface area contributed by atoms with Gasteiger partial charge in [0, 0.05) is 49.1 Å². The lowest BCUT2D eigenvalue weighted by Crippen LogP contribution is -2.29. The monoisotopic (exact) mass is 428 g/mol. The van der Waals surface area contributed by atoms with Crippen LogP contribution in [0.25, 0.3) is 11.0 Å². The number of benzene rings is 1. The van der Waals surface area contributed by atoms with Gasteiger partial charge in [0.1, 0.15) is 11.8 Å². The highest BCUT2D eigenvalue weighted by Gasteiger charge is 2.35. The number of hydrogen-bond donors (Lipinski definition) is 0. The SMILES string of the molecule is CSC(COc1nc(Cl)cc2nccnc12)C1CC(=O)N(Cc2ccccc2)C1. The molecular weight excluding hydrogens is 408 g/mol. The molecule has 1 aromatic carbocycles. The first-order valence-corrected chi connectivity index (χ1v) is 11.0. The van der Waals surface area contributed by atoms with Gasteiger partial charge in [-0.05, 0) is 11.8 Å². The van der Waals surface area contributed by atoms with E-state index in [-0.39, 0.29) is 17.1 Å². The van der Waals surface area contributed by atoms with E-state index >= 15 is 0 Å². The van der Waals surface area contributed by atoms with Crippen molar-refractivity contribution in [3.8, 4) is 5.88 Å². The van der Waals surface area contributed by atoms with Crippen LogP contribution >= 0.6 is 23.4 Å². The maximum Gasteiger partial charge on any atom is 0.243 e. The number of fused-ring (bicyclic) bond motifs is 1. The van der Waals surface area contributed by atoms with E-state index in [0.29, 0.717) is 41.6 Å². The fourth-order valence-electron chi connectivity index (χ4n) is 3.58. The standard InChI is InChI=1S/C21H21ClN4O2S/c1-29-17(13-28-21-20-16(10-18(22)25-21)23-7-8-24-20)15-9-19(27)26(12-15)11-14-5-3-2-4-6-14/h2-8,10,15,17H,9,11-13H2,1H3. The maximum atomic E-state index is 12.5. The number of carbonyl (C=O) groups is 1. The van der Waals surface area contributed by atoms with Crippen LogP contribution in [0.3, 0.4) is 0 Å². The van der Waals surface area contributed by atoms with Crippen LogP contribution in [0.4, 0.5) is 0 Å². The molecule has 3 heterocycles. The van der Waals surface area contributed by atoms with Gasteiger partial charge in [0.05, 0.1) is 5.52 Å². The van der Waals surface area contributed by atoms with Crippen LogP contribution in [-0.2, 0) is 11.3 Å². The van der Waals surface area contributed by atoms with Gasteiger partial charge in [0.25, 0.3) is 0 Å². The zero-order valence-electron chi connectivity index (χ0n) is 16.0. The summed E-state index contributed by atoms with van der Waals surface area (Å²) < 4.78 is 6.01. The Morgan fingerprint density at radius 1 is 1.28 bits per heavy atom. The highest BCUT2D eigenvalue weighted by molar-refractivity contribution is 7.99. The highest BCUT2D eigenvalue weighted by atomic mass is 35.5. The van der Waals surface area contributed by atoms with E-state index in [2.05, 4.69) is 15.0 Å². The van der Waals surface area contributed by atoms with Gasteiger partial charge in [0.2, 0.25) is 11.8 Å². The van der Waals surface area contributed by atoms with Crippen LogP contribution in [0.2, 0.25) is 5.15 Å².